The standard InChI is InChI=1S/C27H35ClN4O4S/c1-4-29-26(34)16-36-23-11-9-21(10-12-23)13-14-30-27(35)32-31-25(19(2)15-20(3)33)18-37-17-22-7-5-6-8-24(22)28/h5-12,19H,4,13-18H2,1-3H3,(H,29,34)(H2,30,32,35)/b31-25+/t19-/m0/s1. The zero-order valence-electron chi connectivity index (χ0n) is 21.5. The number of nitrogens with one attached hydrogen (secondary N) is 3. The monoisotopic (exact) mass is 546 g/mol. The molecule has 0 unspecified atom stereocenters. The van der Waals surface area contributed by atoms with Gasteiger partial charge >= 0.3 is 6.03 Å². The quantitative estimate of drug-likeness (QED) is 0.223. The Morgan fingerprint density at radius 3 is 2.49 bits per heavy atom. The van der Waals surface area contributed by atoms with E-state index in [1.165, 1.54) is 0 Å². The average Bonchev–Trinajstić information content (AvgIpc) is 2.86. The predicted octanol–water partition coefficient (Wildman–Crippen LogP) is 4.60. The van der Waals surface area contributed by atoms with Crippen LogP contribution in [0.1, 0.15) is 38.3 Å². The number of Topliss-reactive ketones (excluding diaryl/α,β-unsaturated/α-hetero) is 1. The van der Waals surface area contributed by atoms with Crippen LogP contribution in [0.3, 0.4) is 0 Å². The second-order valence-corrected chi connectivity index (χ2v) is 9.89. The van der Waals surface area contributed by atoms with Crippen molar-refractivity contribution >= 4 is 46.8 Å². The Kier molecular flexibility index (Phi) is 13.6. The number of rotatable bonds is 15. The summed E-state index contributed by atoms with van der Waals surface area (Å²) >= 11 is 7.86. The largest absolute Gasteiger partial charge is 0.484 e. The van der Waals surface area contributed by atoms with Crippen LogP contribution in [0.5, 0.6) is 5.75 Å². The Labute approximate surface area is 228 Å². The van der Waals surface area contributed by atoms with Crippen molar-refractivity contribution in [3.63, 3.8) is 0 Å². The first-order chi connectivity index (χ1) is 17.8. The van der Waals surface area contributed by atoms with Gasteiger partial charge in [0.2, 0.25) is 0 Å². The van der Waals surface area contributed by atoms with E-state index in [0.29, 0.717) is 48.2 Å². The van der Waals surface area contributed by atoms with Gasteiger partial charge in [-0.05, 0) is 49.6 Å². The number of hydrazone groups is 1. The Morgan fingerprint density at radius 1 is 1.08 bits per heavy atom. The fourth-order valence-corrected chi connectivity index (χ4v) is 4.76. The molecule has 10 heteroatoms. The third-order valence-corrected chi connectivity index (χ3v) is 6.68. The summed E-state index contributed by atoms with van der Waals surface area (Å²) in [7, 11) is 0. The molecule has 0 saturated carbocycles. The highest BCUT2D eigenvalue weighted by molar-refractivity contribution is 7.99. The minimum absolute atomic E-state index is 0.0268. The topological polar surface area (TPSA) is 109 Å². The molecule has 0 radical (unpaired) electrons. The zero-order valence-corrected chi connectivity index (χ0v) is 23.1. The number of hydrogen-bond acceptors (Lipinski definition) is 6. The lowest BCUT2D eigenvalue weighted by atomic mass is 10.0. The fraction of sp³-hybridized carbons (Fsp3) is 0.407. The summed E-state index contributed by atoms with van der Waals surface area (Å²) in [4.78, 5) is 35.4. The molecule has 2 aromatic carbocycles. The first kappa shape index (κ1) is 30.2. The van der Waals surface area contributed by atoms with E-state index in [0.717, 1.165) is 16.8 Å². The molecule has 3 N–H and O–H groups in total. The molecule has 0 spiro atoms. The molecule has 2 rings (SSSR count). The third kappa shape index (κ3) is 12.2. The molecule has 0 bridgehead atoms. The Hall–Kier alpha value is -3.04. The van der Waals surface area contributed by atoms with Gasteiger partial charge in [0, 0.05) is 42.0 Å². The smallest absolute Gasteiger partial charge is 0.335 e. The maximum Gasteiger partial charge on any atom is 0.335 e. The molecular formula is C27H35ClN4O4S. The lowest BCUT2D eigenvalue weighted by Crippen LogP contribution is -2.35. The van der Waals surface area contributed by atoms with Crippen molar-refractivity contribution in [2.24, 2.45) is 11.0 Å². The maximum absolute atomic E-state index is 12.3. The van der Waals surface area contributed by atoms with Crippen molar-refractivity contribution in [1.82, 2.24) is 16.1 Å². The van der Waals surface area contributed by atoms with E-state index in [4.69, 9.17) is 16.3 Å². The summed E-state index contributed by atoms with van der Waals surface area (Å²) in [5.41, 5.74) is 5.34. The third-order valence-electron chi connectivity index (χ3n) is 5.30. The van der Waals surface area contributed by atoms with Crippen molar-refractivity contribution in [3.05, 3.63) is 64.7 Å². The van der Waals surface area contributed by atoms with Gasteiger partial charge in [0.05, 0.1) is 5.71 Å². The number of nitrogens with zero attached hydrogens (tertiary/aromatic N) is 1. The SMILES string of the molecule is CCNC(=O)COc1ccc(CCNC(=O)N/N=C(\CSCc2ccccc2Cl)[C@@H](C)CC(C)=O)cc1. The lowest BCUT2D eigenvalue weighted by Gasteiger charge is -2.14. The van der Waals surface area contributed by atoms with Crippen LogP contribution in [0, 0.1) is 5.92 Å². The summed E-state index contributed by atoms with van der Waals surface area (Å²) in [5, 5.41) is 10.5. The van der Waals surface area contributed by atoms with Crippen LogP contribution in [0.2, 0.25) is 5.02 Å². The number of ketones is 1. The number of benzene rings is 2. The summed E-state index contributed by atoms with van der Waals surface area (Å²) < 4.78 is 5.44. The van der Waals surface area contributed by atoms with Crippen LogP contribution in [0.25, 0.3) is 0 Å². The molecule has 0 aliphatic heterocycles. The molecular weight excluding hydrogens is 512 g/mol. The molecule has 0 saturated heterocycles. The van der Waals surface area contributed by atoms with Crippen LogP contribution < -0.4 is 20.8 Å². The maximum atomic E-state index is 12.3. The van der Waals surface area contributed by atoms with Crippen molar-refractivity contribution in [2.45, 2.75) is 39.4 Å². The highest BCUT2D eigenvalue weighted by Gasteiger charge is 2.15. The molecule has 200 valence electrons. The summed E-state index contributed by atoms with van der Waals surface area (Å²) in [6.07, 6.45) is 0.979. The number of amides is 3. The van der Waals surface area contributed by atoms with Gasteiger partial charge in [-0.1, -0.05) is 48.9 Å². The predicted molar refractivity (Wildman–Crippen MR) is 150 cm³/mol. The molecule has 1 atom stereocenters. The molecule has 2 aromatic rings. The normalized spacial score (nSPS) is 11.9. The number of carbonyl (C=O) groups excluding carboxylic acids is 3. The van der Waals surface area contributed by atoms with Crippen LogP contribution in [-0.4, -0.2) is 48.9 Å². The van der Waals surface area contributed by atoms with E-state index in [1.54, 1.807) is 30.8 Å². The van der Waals surface area contributed by atoms with E-state index in [-0.39, 0.29) is 24.2 Å². The number of halogens is 1. The summed E-state index contributed by atoms with van der Waals surface area (Å²) in [5.74, 6) is 1.69. The van der Waals surface area contributed by atoms with E-state index >= 15 is 0 Å². The number of carbonyl (C=O) groups is 3. The summed E-state index contributed by atoms with van der Waals surface area (Å²) in [6, 6.07) is 14.6. The van der Waals surface area contributed by atoms with E-state index < -0.39 is 6.03 Å². The first-order valence-corrected chi connectivity index (χ1v) is 13.7. The van der Waals surface area contributed by atoms with E-state index in [1.807, 2.05) is 50.2 Å². The van der Waals surface area contributed by atoms with Gasteiger partial charge in [-0.2, -0.15) is 16.9 Å². The van der Waals surface area contributed by atoms with Crippen molar-refractivity contribution in [3.8, 4) is 5.75 Å². The van der Waals surface area contributed by atoms with Gasteiger partial charge in [0.15, 0.2) is 6.61 Å². The molecule has 0 fully saturated rings. The number of ether oxygens (including phenoxy) is 1. The molecule has 0 aromatic heterocycles. The molecule has 8 nitrogen and oxygen atoms in total. The Morgan fingerprint density at radius 2 is 1.81 bits per heavy atom. The van der Waals surface area contributed by atoms with E-state index in [9.17, 15) is 14.4 Å². The van der Waals surface area contributed by atoms with Crippen LogP contribution in [-0.2, 0) is 21.8 Å². The van der Waals surface area contributed by atoms with Crippen molar-refractivity contribution in [2.75, 3.05) is 25.4 Å². The van der Waals surface area contributed by atoms with Crippen molar-refractivity contribution in [1.29, 1.82) is 0 Å². The summed E-state index contributed by atoms with van der Waals surface area (Å²) in [6.45, 7) is 6.28. The molecule has 37 heavy (non-hydrogen) atoms. The Balaban J connectivity index is 1.81. The van der Waals surface area contributed by atoms with Gasteiger partial charge < -0.3 is 20.2 Å². The highest BCUT2D eigenvalue weighted by Crippen LogP contribution is 2.22. The molecule has 0 heterocycles. The van der Waals surface area contributed by atoms with Crippen LogP contribution in [0.15, 0.2) is 53.6 Å². The minimum atomic E-state index is -0.412. The number of hydrogen-bond donors (Lipinski definition) is 3. The molecule has 0 aliphatic carbocycles. The molecule has 0 aliphatic rings. The van der Waals surface area contributed by atoms with Crippen molar-refractivity contribution < 1.29 is 19.1 Å². The van der Waals surface area contributed by atoms with Gasteiger partial charge in [-0.25, -0.2) is 10.2 Å². The van der Waals surface area contributed by atoms with Crippen LogP contribution in [0.4, 0.5) is 4.79 Å². The van der Waals surface area contributed by atoms with Gasteiger partial charge in [0.25, 0.3) is 5.91 Å². The van der Waals surface area contributed by atoms with Gasteiger partial charge in [0.1, 0.15) is 11.5 Å². The zero-order chi connectivity index (χ0) is 27.0. The first-order valence-electron chi connectivity index (χ1n) is 12.2. The van der Waals surface area contributed by atoms with Crippen LogP contribution >= 0.6 is 23.4 Å². The second-order valence-electron chi connectivity index (χ2n) is 8.50. The number of likely N-dealkylation sites (N-methyl/N-ethyl adjacent to an activating group) is 1. The van der Waals surface area contributed by atoms with Gasteiger partial charge in [-0.15, -0.1) is 0 Å². The van der Waals surface area contributed by atoms with E-state index in [2.05, 4.69) is 21.2 Å². The fourth-order valence-electron chi connectivity index (χ4n) is 3.35. The minimum Gasteiger partial charge on any atom is -0.484 e. The Bertz CT molecular complexity index is 1060. The number of urea groups is 1. The second kappa shape index (κ2) is 16.7. The lowest BCUT2D eigenvalue weighted by molar-refractivity contribution is -0.123. The highest BCUT2D eigenvalue weighted by atomic mass is 35.5. The number of thioether (sulfide) groups is 1. The molecule has 3 amide bonds. The van der Waals surface area contributed by atoms with Gasteiger partial charge in [-0.3, -0.25) is 4.79 Å². The average molecular weight is 547 g/mol.